The summed E-state index contributed by atoms with van der Waals surface area (Å²) < 4.78 is 31.3. The lowest BCUT2D eigenvalue weighted by Crippen LogP contribution is -2.25. The van der Waals surface area contributed by atoms with Crippen LogP contribution in [0.3, 0.4) is 0 Å². The number of carbonyl (C=O) groups excluding carboxylic acids is 2. The number of hydrogen-bond acceptors (Lipinski definition) is 5. The van der Waals surface area contributed by atoms with E-state index in [1.807, 2.05) is 19.9 Å². The highest BCUT2D eigenvalue weighted by molar-refractivity contribution is 7.89. The number of methoxy groups -OCH3 is 1. The van der Waals surface area contributed by atoms with Gasteiger partial charge in [0.15, 0.2) is 0 Å². The standard InChI is InChI=1S/C22H29N3O5S/c1-15(2)11-21(26)24-18-8-6-7-16(12-18)14-23-22(27)17-9-10-19(30-5)20(13-17)31(28,29)25(3)4/h6-10,12-13,15H,11,14H2,1-5H3,(H,23,27)(H,24,26). The number of anilines is 1. The molecule has 0 atom stereocenters. The topological polar surface area (TPSA) is 105 Å². The molecule has 31 heavy (non-hydrogen) atoms. The Kier molecular flexibility index (Phi) is 8.18. The highest BCUT2D eigenvalue weighted by Crippen LogP contribution is 2.27. The first-order valence-corrected chi connectivity index (χ1v) is 11.3. The summed E-state index contributed by atoms with van der Waals surface area (Å²) in [4.78, 5) is 24.5. The van der Waals surface area contributed by atoms with Crippen LogP contribution in [0.5, 0.6) is 5.75 Å². The van der Waals surface area contributed by atoms with Gasteiger partial charge in [0, 0.05) is 38.3 Å². The van der Waals surface area contributed by atoms with Crippen molar-refractivity contribution in [3.63, 3.8) is 0 Å². The number of amides is 2. The van der Waals surface area contributed by atoms with Gasteiger partial charge in [0.25, 0.3) is 5.91 Å². The summed E-state index contributed by atoms with van der Waals surface area (Å²) in [6.45, 7) is 4.16. The van der Waals surface area contributed by atoms with E-state index in [0.29, 0.717) is 12.1 Å². The molecule has 9 heteroatoms. The predicted octanol–water partition coefficient (Wildman–Crippen LogP) is 2.86. The van der Waals surface area contributed by atoms with Gasteiger partial charge in [-0.2, -0.15) is 0 Å². The predicted molar refractivity (Wildman–Crippen MR) is 120 cm³/mol. The quantitative estimate of drug-likeness (QED) is 0.615. The maximum atomic E-state index is 12.6. The maximum absolute atomic E-state index is 12.6. The second-order valence-electron chi connectivity index (χ2n) is 7.68. The molecular formula is C22H29N3O5S. The van der Waals surface area contributed by atoms with Crippen molar-refractivity contribution in [3.8, 4) is 5.75 Å². The van der Waals surface area contributed by atoms with E-state index in [4.69, 9.17) is 4.74 Å². The molecule has 0 aromatic heterocycles. The molecule has 0 radical (unpaired) electrons. The molecule has 2 rings (SSSR count). The van der Waals surface area contributed by atoms with Crippen LogP contribution in [0.2, 0.25) is 0 Å². The van der Waals surface area contributed by atoms with Gasteiger partial charge in [0.05, 0.1) is 7.11 Å². The van der Waals surface area contributed by atoms with E-state index in [9.17, 15) is 18.0 Å². The second kappa shape index (κ2) is 10.4. The normalized spacial score (nSPS) is 11.5. The van der Waals surface area contributed by atoms with Crippen LogP contribution >= 0.6 is 0 Å². The fourth-order valence-corrected chi connectivity index (χ4v) is 3.92. The van der Waals surface area contributed by atoms with Crippen molar-refractivity contribution < 1.29 is 22.7 Å². The summed E-state index contributed by atoms with van der Waals surface area (Å²) in [5.41, 5.74) is 1.65. The van der Waals surface area contributed by atoms with Crippen LogP contribution in [0.1, 0.15) is 36.2 Å². The Morgan fingerprint density at radius 1 is 1.10 bits per heavy atom. The Morgan fingerprint density at radius 2 is 1.81 bits per heavy atom. The first-order chi connectivity index (χ1) is 14.5. The summed E-state index contributed by atoms with van der Waals surface area (Å²) in [5.74, 6) is -0.0700. The smallest absolute Gasteiger partial charge is 0.251 e. The molecule has 168 valence electrons. The van der Waals surface area contributed by atoms with Crippen LogP contribution in [0, 0.1) is 5.92 Å². The number of carbonyl (C=O) groups is 2. The number of nitrogens with zero attached hydrogens (tertiary/aromatic N) is 1. The first-order valence-electron chi connectivity index (χ1n) is 9.82. The van der Waals surface area contributed by atoms with Crippen LogP contribution in [0.4, 0.5) is 5.69 Å². The zero-order valence-corrected chi connectivity index (χ0v) is 19.2. The molecule has 2 aromatic rings. The molecule has 0 saturated heterocycles. The van der Waals surface area contributed by atoms with Gasteiger partial charge in [-0.25, -0.2) is 12.7 Å². The Bertz CT molecular complexity index is 1050. The number of hydrogen-bond donors (Lipinski definition) is 2. The number of ether oxygens (including phenoxy) is 1. The van der Waals surface area contributed by atoms with Gasteiger partial charge in [-0.3, -0.25) is 9.59 Å². The van der Waals surface area contributed by atoms with Crippen molar-refractivity contribution in [2.75, 3.05) is 26.5 Å². The Balaban J connectivity index is 2.13. The Labute approximate surface area is 183 Å². The monoisotopic (exact) mass is 447 g/mol. The Hall–Kier alpha value is -2.91. The number of nitrogens with one attached hydrogen (secondary N) is 2. The molecule has 0 bridgehead atoms. The summed E-state index contributed by atoms with van der Waals surface area (Å²) in [5, 5.41) is 5.62. The zero-order valence-electron chi connectivity index (χ0n) is 18.4. The average Bonchev–Trinajstić information content (AvgIpc) is 2.71. The van der Waals surface area contributed by atoms with Crippen molar-refractivity contribution in [3.05, 3.63) is 53.6 Å². The van der Waals surface area contributed by atoms with E-state index < -0.39 is 15.9 Å². The van der Waals surface area contributed by atoms with Crippen molar-refractivity contribution in [2.45, 2.75) is 31.7 Å². The van der Waals surface area contributed by atoms with Crippen LogP contribution in [0.25, 0.3) is 0 Å². The first kappa shape index (κ1) is 24.4. The molecule has 0 aliphatic carbocycles. The fraction of sp³-hybridized carbons (Fsp3) is 0.364. The van der Waals surface area contributed by atoms with E-state index in [0.717, 1.165) is 9.87 Å². The molecule has 0 heterocycles. The molecule has 0 saturated carbocycles. The van der Waals surface area contributed by atoms with Crippen LogP contribution in [-0.2, 0) is 21.4 Å². The molecular weight excluding hydrogens is 418 g/mol. The van der Waals surface area contributed by atoms with E-state index in [2.05, 4.69) is 10.6 Å². The molecule has 0 aliphatic heterocycles. The lowest BCUT2D eigenvalue weighted by atomic mass is 10.1. The molecule has 8 nitrogen and oxygen atoms in total. The molecule has 0 unspecified atom stereocenters. The molecule has 0 fully saturated rings. The fourth-order valence-electron chi connectivity index (χ4n) is 2.84. The average molecular weight is 448 g/mol. The largest absolute Gasteiger partial charge is 0.495 e. The van der Waals surface area contributed by atoms with Gasteiger partial charge in [-0.05, 0) is 41.8 Å². The van der Waals surface area contributed by atoms with Crippen molar-refractivity contribution in [2.24, 2.45) is 5.92 Å². The number of sulfonamides is 1. The molecule has 0 spiro atoms. The maximum Gasteiger partial charge on any atom is 0.251 e. The van der Waals surface area contributed by atoms with Gasteiger partial charge in [0.1, 0.15) is 10.6 Å². The van der Waals surface area contributed by atoms with E-state index >= 15 is 0 Å². The van der Waals surface area contributed by atoms with Gasteiger partial charge in [-0.1, -0.05) is 26.0 Å². The highest BCUT2D eigenvalue weighted by Gasteiger charge is 2.23. The third-order valence-electron chi connectivity index (χ3n) is 4.44. The van der Waals surface area contributed by atoms with Gasteiger partial charge in [-0.15, -0.1) is 0 Å². The van der Waals surface area contributed by atoms with E-state index in [1.54, 1.807) is 18.2 Å². The molecule has 2 amide bonds. The van der Waals surface area contributed by atoms with E-state index in [-0.39, 0.29) is 34.6 Å². The summed E-state index contributed by atoms with van der Waals surface area (Å²) in [6.07, 6.45) is 0.427. The minimum absolute atomic E-state index is 0.0657. The van der Waals surface area contributed by atoms with Crippen LogP contribution < -0.4 is 15.4 Å². The van der Waals surface area contributed by atoms with Crippen LogP contribution in [-0.4, -0.2) is 45.7 Å². The second-order valence-corrected chi connectivity index (χ2v) is 9.80. The lowest BCUT2D eigenvalue weighted by molar-refractivity contribution is -0.116. The van der Waals surface area contributed by atoms with Gasteiger partial charge < -0.3 is 15.4 Å². The number of rotatable bonds is 9. The molecule has 2 N–H and O–H groups in total. The SMILES string of the molecule is COc1ccc(C(=O)NCc2cccc(NC(=O)CC(C)C)c2)cc1S(=O)(=O)N(C)C. The minimum Gasteiger partial charge on any atom is -0.495 e. The summed E-state index contributed by atoms with van der Waals surface area (Å²) in [7, 11) is 0.413. The molecule has 0 aliphatic rings. The van der Waals surface area contributed by atoms with Gasteiger partial charge in [0.2, 0.25) is 15.9 Å². The third-order valence-corrected chi connectivity index (χ3v) is 6.28. The van der Waals surface area contributed by atoms with E-state index in [1.165, 1.54) is 39.4 Å². The zero-order chi connectivity index (χ0) is 23.2. The van der Waals surface area contributed by atoms with Gasteiger partial charge >= 0.3 is 0 Å². The van der Waals surface area contributed by atoms with Crippen LogP contribution in [0.15, 0.2) is 47.4 Å². The summed E-state index contributed by atoms with van der Waals surface area (Å²) >= 11 is 0. The molecule has 2 aromatic carbocycles. The summed E-state index contributed by atoms with van der Waals surface area (Å²) in [6, 6.07) is 11.4. The Morgan fingerprint density at radius 3 is 2.42 bits per heavy atom. The number of benzene rings is 2. The van der Waals surface area contributed by atoms with Crippen molar-refractivity contribution >= 4 is 27.5 Å². The van der Waals surface area contributed by atoms with Crippen molar-refractivity contribution in [1.82, 2.24) is 9.62 Å². The minimum atomic E-state index is -3.78. The lowest BCUT2D eigenvalue weighted by Gasteiger charge is -2.15. The highest BCUT2D eigenvalue weighted by atomic mass is 32.2. The van der Waals surface area contributed by atoms with Crippen molar-refractivity contribution in [1.29, 1.82) is 0 Å². The third kappa shape index (κ3) is 6.53.